The van der Waals surface area contributed by atoms with Gasteiger partial charge in [-0.2, -0.15) is 0 Å². The number of carbonyl (C=O) groups excluding carboxylic acids is 1. The van der Waals surface area contributed by atoms with Gasteiger partial charge in [0, 0.05) is 29.0 Å². The number of carbonyl (C=O) groups is 1. The molecule has 2 aromatic carbocycles. The van der Waals surface area contributed by atoms with Crippen molar-refractivity contribution in [1.29, 1.82) is 0 Å². The van der Waals surface area contributed by atoms with Gasteiger partial charge in [0.05, 0.1) is 4.90 Å². The third kappa shape index (κ3) is 4.89. The molecule has 8 heteroatoms. The predicted molar refractivity (Wildman–Crippen MR) is 112 cm³/mol. The minimum absolute atomic E-state index is 0.0110. The van der Waals surface area contributed by atoms with Gasteiger partial charge in [0.15, 0.2) is 9.84 Å². The van der Waals surface area contributed by atoms with Gasteiger partial charge in [0.2, 0.25) is 0 Å². The molecule has 3 rings (SSSR count). The first-order valence-corrected chi connectivity index (χ1v) is 11.1. The van der Waals surface area contributed by atoms with E-state index in [1.807, 2.05) is 0 Å². The molecule has 1 heterocycles. The average Bonchev–Trinajstić information content (AvgIpc) is 2.71. The first-order chi connectivity index (χ1) is 13.8. The minimum Gasteiger partial charge on any atom is -0.350 e. The van der Waals surface area contributed by atoms with E-state index < -0.39 is 26.8 Å². The highest BCUT2D eigenvalue weighted by Crippen LogP contribution is 2.29. The maximum atomic E-state index is 13.6. The smallest absolute Gasteiger partial charge is 0.251 e. The molecule has 0 fully saturated rings. The fraction of sp³-hybridized carbons (Fsp3) is 0.143. The van der Waals surface area contributed by atoms with E-state index in [2.05, 4.69) is 26.2 Å². The van der Waals surface area contributed by atoms with Crippen molar-refractivity contribution in [2.45, 2.75) is 17.1 Å². The Morgan fingerprint density at radius 1 is 1.17 bits per heavy atom. The number of halogens is 2. The molecule has 0 aliphatic heterocycles. The zero-order chi connectivity index (χ0) is 21.0. The Labute approximate surface area is 177 Å². The summed E-state index contributed by atoms with van der Waals surface area (Å²) >= 11 is 3.31. The maximum Gasteiger partial charge on any atom is 0.251 e. The second kappa shape index (κ2) is 8.84. The van der Waals surface area contributed by atoms with Crippen LogP contribution in [0.2, 0.25) is 0 Å². The lowest BCUT2D eigenvalue weighted by molar-refractivity contribution is 0.0953. The summed E-state index contributed by atoms with van der Waals surface area (Å²) in [5, 5.41) is 1.61. The Morgan fingerprint density at radius 2 is 1.90 bits per heavy atom. The first-order valence-electron chi connectivity index (χ1n) is 8.73. The third-order valence-electron chi connectivity index (χ3n) is 4.44. The highest BCUT2D eigenvalue weighted by Gasteiger charge is 2.30. The van der Waals surface area contributed by atoms with E-state index >= 15 is 0 Å². The molecule has 29 heavy (non-hydrogen) atoms. The van der Waals surface area contributed by atoms with Crippen molar-refractivity contribution in [3.63, 3.8) is 0 Å². The van der Waals surface area contributed by atoms with Crippen LogP contribution in [-0.4, -0.2) is 25.9 Å². The van der Waals surface area contributed by atoms with Crippen LogP contribution in [0, 0.1) is 12.7 Å². The summed E-state index contributed by atoms with van der Waals surface area (Å²) < 4.78 is 41.0. The zero-order valence-corrected chi connectivity index (χ0v) is 17.9. The van der Waals surface area contributed by atoms with Gasteiger partial charge in [-0.25, -0.2) is 12.8 Å². The third-order valence-corrected chi connectivity index (χ3v) is 7.07. The highest BCUT2D eigenvalue weighted by molar-refractivity contribution is 9.10. The Morgan fingerprint density at radius 3 is 2.52 bits per heavy atom. The van der Waals surface area contributed by atoms with E-state index in [1.165, 1.54) is 31.5 Å². The average molecular weight is 477 g/mol. The van der Waals surface area contributed by atoms with E-state index in [9.17, 15) is 17.6 Å². The van der Waals surface area contributed by atoms with Crippen molar-refractivity contribution in [2.24, 2.45) is 0 Å². The standard InChI is InChI=1S/C21H18BrFN2O3S/c1-14-11-18(8-9-19(14)23)29(27,28)20(16-3-2-10-24-12-16)13-25-21(26)15-4-6-17(22)7-5-15/h2-12,20H,13H2,1H3,(H,25,26)/t20-/m1/s1. The van der Waals surface area contributed by atoms with Crippen LogP contribution < -0.4 is 5.32 Å². The molecule has 5 nitrogen and oxygen atoms in total. The minimum atomic E-state index is -3.91. The number of aromatic nitrogens is 1. The van der Waals surface area contributed by atoms with Crippen LogP contribution >= 0.6 is 15.9 Å². The molecule has 1 amide bonds. The van der Waals surface area contributed by atoms with Crippen molar-refractivity contribution in [1.82, 2.24) is 10.3 Å². The molecule has 0 aliphatic rings. The van der Waals surface area contributed by atoms with Crippen LogP contribution in [0.5, 0.6) is 0 Å². The van der Waals surface area contributed by atoms with Gasteiger partial charge >= 0.3 is 0 Å². The number of rotatable bonds is 6. The monoisotopic (exact) mass is 476 g/mol. The molecule has 3 aromatic rings. The molecule has 0 unspecified atom stereocenters. The number of hydrogen-bond acceptors (Lipinski definition) is 4. The number of sulfone groups is 1. The number of nitrogens with one attached hydrogen (secondary N) is 1. The number of amides is 1. The molecular weight excluding hydrogens is 459 g/mol. The lowest BCUT2D eigenvalue weighted by Gasteiger charge is -2.19. The molecule has 1 N–H and O–H groups in total. The predicted octanol–water partition coefficient (Wildman–Crippen LogP) is 4.24. The lowest BCUT2D eigenvalue weighted by Crippen LogP contribution is -2.32. The second-order valence-electron chi connectivity index (χ2n) is 6.45. The number of aryl methyl sites for hydroxylation is 1. The maximum absolute atomic E-state index is 13.6. The summed E-state index contributed by atoms with van der Waals surface area (Å²) in [4.78, 5) is 16.5. The Balaban J connectivity index is 1.91. The highest BCUT2D eigenvalue weighted by atomic mass is 79.9. The summed E-state index contributed by atoms with van der Waals surface area (Å²) in [6.45, 7) is 1.35. The topological polar surface area (TPSA) is 76.1 Å². The molecule has 0 saturated carbocycles. The van der Waals surface area contributed by atoms with Crippen LogP contribution in [0.15, 0.2) is 76.4 Å². The Kier molecular flexibility index (Phi) is 6.44. The summed E-state index contributed by atoms with van der Waals surface area (Å²) in [5.74, 6) is -0.873. The number of nitrogens with zero attached hydrogens (tertiary/aromatic N) is 1. The van der Waals surface area contributed by atoms with Gasteiger partial charge in [0.1, 0.15) is 11.1 Å². The van der Waals surface area contributed by atoms with Crippen molar-refractivity contribution in [3.05, 3.63) is 94.0 Å². The van der Waals surface area contributed by atoms with Crippen molar-refractivity contribution in [2.75, 3.05) is 6.54 Å². The normalized spacial score (nSPS) is 12.4. The van der Waals surface area contributed by atoms with E-state index in [4.69, 9.17) is 0 Å². The zero-order valence-electron chi connectivity index (χ0n) is 15.5. The molecule has 1 aromatic heterocycles. The van der Waals surface area contributed by atoms with Crippen molar-refractivity contribution in [3.8, 4) is 0 Å². The summed E-state index contributed by atoms with van der Waals surface area (Å²) in [6.07, 6.45) is 2.99. The molecule has 0 aliphatic carbocycles. The fourth-order valence-corrected chi connectivity index (χ4v) is 4.81. The van der Waals surface area contributed by atoms with Gasteiger partial charge in [-0.05, 0) is 66.6 Å². The van der Waals surface area contributed by atoms with Crippen LogP contribution in [0.4, 0.5) is 4.39 Å². The lowest BCUT2D eigenvalue weighted by atomic mass is 10.2. The van der Waals surface area contributed by atoms with E-state index in [0.29, 0.717) is 11.1 Å². The molecular formula is C21H18BrFN2O3S. The number of pyridine rings is 1. The molecule has 0 spiro atoms. The van der Waals surface area contributed by atoms with Crippen molar-refractivity contribution >= 4 is 31.7 Å². The summed E-state index contributed by atoms with van der Waals surface area (Å²) in [7, 11) is -3.91. The van der Waals surface area contributed by atoms with Gasteiger partial charge in [-0.3, -0.25) is 9.78 Å². The second-order valence-corrected chi connectivity index (χ2v) is 9.49. The van der Waals surface area contributed by atoms with Crippen LogP contribution in [0.3, 0.4) is 0 Å². The SMILES string of the molecule is Cc1cc(S(=O)(=O)[C@H](CNC(=O)c2ccc(Br)cc2)c2cccnc2)ccc1F. The van der Waals surface area contributed by atoms with E-state index in [0.717, 1.165) is 10.5 Å². The molecule has 0 radical (unpaired) electrons. The quantitative estimate of drug-likeness (QED) is 0.539. The first kappa shape index (κ1) is 21.1. The van der Waals surface area contributed by atoms with Gasteiger partial charge in [-0.15, -0.1) is 0 Å². The summed E-state index contributed by atoms with van der Waals surface area (Å²) in [5.41, 5.74) is 1.08. The molecule has 1 atom stereocenters. The largest absolute Gasteiger partial charge is 0.350 e. The van der Waals surface area contributed by atoms with Gasteiger partial charge < -0.3 is 5.32 Å². The molecule has 0 saturated heterocycles. The fourth-order valence-electron chi connectivity index (χ4n) is 2.82. The number of benzene rings is 2. The summed E-state index contributed by atoms with van der Waals surface area (Å²) in [6, 6.07) is 13.6. The van der Waals surface area contributed by atoms with Crippen LogP contribution in [-0.2, 0) is 9.84 Å². The van der Waals surface area contributed by atoms with Gasteiger partial charge in [0.25, 0.3) is 5.91 Å². The number of hydrogen-bond donors (Lipinski definition) is 1. The molecule has 150 valence electrons. The van der Waals surface area contributed by atoms with E-state index in [-0.39, 0.29) is 17.0 Å². The molecule has 0 bridgehead atoms. The van der Waals surface area contributed by atoms with Crippen LogP contribution in [0.25, 0.3) is 0 Å². The van der Waals surface area contributed by atoms with Gasteiger partial charge in [-0.1, -0.05) is 22.0 Å². The Bertz CT molecular complexity index is 1120. The van der Waals surface area contributed by atoms with E-state index in [1.54, 1.807) is 36.4 Å². The Hall–Kier alpha value is -2.58. The van der Waals surface area contributed by atoms with Crippen LogP contribution in [0.1, 0.15) is 26.7 Å². The van der Waals surface area contributed by atoms with Crippen molar-refractivity contribution < 1.29 is 17.6 Å².